The topological polar surface area (TPSA) is 9.72 Å². The molecule has 0 aromatic carbocycles. The van der Waals surface area contributed by atoms with Crippen LogP contribution in [0.15, 0.2) is 0 Å². The van der Waals surface area contributed by atoms with Crippen LogP contribution in [0.5, 0.6) is 0 Å². The molecule has 0 aromatic heterocycles. The molecule has 2 aliphatic rings. The van der Waals surface area contributed by atoms with Gasteiger partial charge < -0.3 is 4.90 Å². The molecule has 0 N–H and O–H groups in total. The SMILES string of the molecule is CC(C)(C)N1CCN(C[C@@H]2CCN(C(C)(C)C)CC2(F)F)CC1. The monoisotopic (exact) mass is 331 g/mol. The van der Waals surface area contributed by atoms with Crippen molar-refractivity contribution in [2.45, 2.75) is 65.0 Å². The van der Waals surface area contributed by atoms with Gasteiger partial charge in [-0.05, 0) is 54.5 Å². The smallest absolute Gasteiger partial charge is 0.264 e. The fourth-order valence-corrected chi connectivity index (χ4v) is 3.70. The molecule has 2 fully saturated rings. The zero-order valence-electron chi connectivity index (χ0n) is 15.8. The first kappa shape index (κ1) is 19.1. The van der Waals surface area contributed by atoms with Gasteiger partial charge in [-0.3, -0.25) is 9.80 Å². The van der Waals surface area contributed by atoms with Crippen LogP contribution in [0.1, 0.15) is 48.0 Å². The molecular formula is C18H35F2N3. The molecule has 0 unspecified atom stereocenters. The first-order valence-electron chi connectivity index (χ1n) is 9.00. The molecule has 0 aromatic rings. The van der Waals surface area contributed by atoms with Gasteiger partial charge >= 0.3 is 0 Å². The van der Waals surface area contributed by atoms with Crippen molar-refractivity contribution < 1.29 is 8.78 Å². The Hall–Kier alpha value is -0.260. The molecule has 23 heavy (non-hydrogen) atoms. The molecule has 0 saturated carbocycles. The van der Waals surface area contributed by atoms with Crippen LogP contribution < -0.4 is 0 Å². The normalized spacial score (nSPS) is 29.0. The van der Waals surface area contributed by atoms with E-state index in [2.05, 4.69) is 30.6 Å². The Morgan fingerprint density at radius 2 is 1.35 bits per heavy atom. The van der Waals surface area contributed by atoms with Crippen molar-refractivity contribution in [2.24, 2.45) is 5.92 Å². The molecule has 2 heterocycles. The van der Waals surface area contributed by atoms with Crippen molar-refractivity contribution in [1.29, 1.82) is 0 Å². The molecule has 0 bridgehead atoms. The van der Waals surface area contributed by atoms with E-state index in [0.717, 1.165) is 32.7 Å². The lowest BCUT2D eigenvalue weighted by atomic mass is 9.89. The Morgan fingerprint density at radius 3 is 1.78 bits per heavy atom. The quantitative estimate of drug-likeness (QED) is 0.769. The number of likely N-dealkylation sites (tertiary alicyclic amines) is 1. The first-order valence-corrected chi connectivity index (χ1v) is 9.00. The molecule has 0 amide bonds. The lowest BCUT2D eigenvalue weighted by Gasteiger charge is -2.47. The van der Waals surface area contributed by atoms with Gasteiger partial charge in [0.15, 0.2) is 0 Å². The van der Waals surface area contributed by atoms with Crippen molar-refractivity contribution in [2.75, 3.05) is 45.8 Å². The Bertz CT molecular complexity index is 390. The third-order valence-corrected chi connectivity index (χ3v) is 5.49. The molecule has 3 nitrogen and oxygen atoms in total. The van der Waals surface area contributed by atoms with Gasteiger partial charge in [0.25, 0.3) is 5.92 Å². The maximum absolute atomic E-state index is 14.6. The fourth-order valence-electron chi connectivity index (χ4n) is 3.70. The summed E-state index contributed by atoms with van der Waals surface area (Å²) in [6, 6.07) is 0. The van der Waals surface area contributed by atoms with E-state index in [-0.39, 0.29) is 17.6 Å². The predicted octanol–water partition coefficient (Wildman–Crippen LogP) is 3.16. The summed E-state index contributed by atoms with van der Waals surface area (Å²) < 4.78 is 29.2. The maximum Gasteiger partial charge on any atom is 0.264 e. The number of hydrogen-bond acceptors (Lipinski definition) is 3. The largest absolute Gasteiger partial charge is 0.300 e. The average molecular weight is 331 g/mol. The second-order valence-corrected chi connectivity index (χ2v) is 9.30. The van der Waals surface area contributed by atoms with Gasteiger partial charge in [0.1, 0.15) is 0 Å². The van der Waals surface area contributed by atoms with Crippen molar-refractivity contribution in [3.63, 3.8) is 0 Å². The number of piperazine rings is 1. The molecule has 2 rings (SSSR count). The summed E-state index contributed by atoms with van der Waals surface area (Å²) in [6.07, 6.45) is 0.601. The van der Waals surface area contributed by atoms with Crippen LogP contribution in [0.2, 0.25) is 0 Å². The van der Waals surface area contributed by atoms with Crippen molar-refractivity contribution in [3.8, 4) is 0 Å². The average Bonchev–Trinajstić information content (AvgIpc) is 2.39. The summed E-state index contributed by atoms with van der Waals surface area (Å²) in [5.41, 5.74) is 0.000804. The van der Waals surface area contributed by atoms with E-state index in [1.165, 1.54) is 0 Å². The van der Waals surface area contributed by atoms with E-state index in [1.807, 2.05) is 25.7 Å². The summed E-state index contributed by atoms with van der Waals surface area (Å²) in [6.45, 7) is 17.7. The summed E-state index contributed by atoms with van der Waals surface area (Å²) in [5.74, 6) is -3.07. The summed E-state index contributed by atoms with van der Waals surface area (Å²) >= 11 is 0. The third-order valence-electron chi connectivity index (χ3n) is 5.49. The van der Waals surface area contributed by atoms with Crippen molar-refractivity contribution in [1.82, 2.24) is 14.7 Å². The summed E-state index contributed by atoms with van der Waals surface area (Å²) in [4.78, 5) is 6.62. The van der Waals surface area contributed by atoms with E-state index >= 15 is 0 Å². The highest BCUT2D eigenvalue weighted by Gasteiger charge is 2.47. The number of hydrogen-bond donors (Lipinski definition) is 0. The molecule has 2 aliphatic heterocycles. The molecule has 136 valence electrons. The minimum absolute atomic E-state index is 0.0941. The highest BCUT2D eigenvalue weighted by Crippen LogP contribution is 2.36. The second kappa shape index (κ2) is 6.57. The van der Waals surface area contributed by atoms with Gasteiger partial charge in [0.2, 0.25) is 0 Å². The van der Waals surface area contributed by atoms with Crippen LogP contribution in [0.4, 0.5) is 8.78 Å². The molecule has 2 saturated heterocycles. The van der Waals surface area contributed by atoms with Gasteiger partial charge in [0.05, 0.1) is 6.54 Å². The van der Waals surface area contributed by atoms with Crippen LogP contribution in [0.3, 0.4) is 0 Å². The highest BCUT2D eigenvalue weighted by molar-refractivity contribution is 4.93. The molecule has 5 heteroatoms. The van der Waals surface area contributed by atoms with Crippen LogP contribution in [0, 0.1) is 5.92 Å². The first-order chi connectivity index (χ1) is 10.4. The van der Waals surface area contributed by atoms with Gasteiger partial charge in [-0.1, -0.05) is 0 Å². The van der Waals surface area contributed by atoms with E-state index in [9.17, 15) is 8.78 Å². The van der Waals surface area contributed by atoms with Crippen LogP contribution in [-0.4, -0.2) is 77.5 Å². The second-order valence-electron chi connectivity index (χ2n) is 9.30. The van der Waals surface area contributed by atoms with E-state index < -0.39 is 11.8 Å². The lowest BCUT2D eigenvalue weighted by molar-refractivity contribution is -0.136. The Morgan fingerprint density at radius 1 is 0.826 bits per heavy atom. The van der Waals surface area contributed by atoms with Crippen LogP contribution >= 0.6 is 0 Å². The van der Waals surface area contributed by atoms with Crippen LogP contribution in [0.25, 0.3) is 0 Å². The Kier molecular flexibility index (Phi) is 5.44. The Labute approximate surface area is 141 Å². The lowest BCUT2D eigenvalue weighted by Crippen LogP contribution is -2.59. The zero-order chi connectivity index (χ0) is 17.5. The number of nitrogens with zero attached hydrogens (tertiary/aromatic N) is 3. The third kappa shape index (κ3) is 4.86. The number of rotatable bonds is 2. The van der Waals surface area contributed by atoms with E-state index in [1.54, 1.807) is 0 Å². The summed E-state index contributed by atoms with van der Waals surface area (Å²) in [7, 11) is 0. The predicted molar refractivity (Wildman–Crippen MR) is 92.1 cm³/mol. The van der Waals surface area contributed by atoms with Gasteiger partial charge in [-0.2, -0.15) is 0 Å². The minimum Gasteiger partial charge on any atom is -0.300 e. The standard InChI is InChI=1S/C18H35F2N3/c1-16(2,3)22-11-9-21(10-12-22)13-15-7-8-23(17(4,5)6)14-18(15,19)20/h15H,7-14H2,1-6H3/t15-/m0/s1. The van der Waals surface area contributed by atoms with Gasteiger partial charge in [-0.25, -0.2) is 8.78 Å². The number of halogens is 2. The van der Waals surface area contributed by atoms with E-state index in [4.69, 9.17) is 0 Å². The van der Waals surface area contributed by atoms with E-state index in [0.29, 0.717) is 13.0 Å². The maximum atomic E-state index is 14.6. The number of piperidine rings is 1. The molecule has 0 aliphatic carbocycles. The number of alkyl halides is 2. The molecular weight excluding hydrogens is 296 g/mol. The highest BCUT2D eigenvalue weighted by atomic mass is 19.3. The van der Waals surface area contributed by atoms with Gasteiger partial charge in [-0.15, -0.1) is 0 Å². The van der Waals surface area contributed by atoms with Crippen LogP contribution in [-0.2, 0) is 0 Å². The molecule has 0 radical (unpaired) electrons. The summed E-state index contributed by atoms with van der Waals surface area (Å²) in [5, 5.41) is 0. The van der Waals surface area contributed by atoms with Gasteiger partial charge in [0, 0.05) is 49.7 Å². The fraction of sp³-hybridized carbons (Fsp3) is 1.00. The molecule has 0 spiro atoms. The zero-order valence-corrected chi connectivity index (χ0v) is 15.8. The Balaban J connectivity index is 1.87. The van der Waals surface area contributed by atoms with Crippen molar-refractivity contribution >= 4 is 0 Å². The minimum atomic E-state index is -2.58. The molecule has 1 atom stereocenters. The van der Waals surface area contributed by atoms with Crippen molar-refractivity contribution in [3.05, 3.63) is 0 Å².